The molecule has 136 valence electrons. The fourth-order valence-corrected chi connectivity index (χ4v) is 4.25. The molecule has 2 saturated heterocycles. The minimum Gasteiger partial charge on any atom is -0.394 e. The minimum absolute atomic E-state index is 0.0124. The molecule has 4 heteroatoms. The molecule has 0 radical (unpaired) electrons. The van der Waals surface area contributed by atoms with Gasteiger partial charge >= 0.3 is 0 Å². The van der Waals surface area contributed by atoms with E-state index in [1.165, 1.54) is 0 Å². The summed E-state index contributed by atoms with van der Waals surface area (Å²) < 4.78 is 18.7. The van der Waals surface area contributed by atoms with Crippen molar-refractivity contribution in [2.24, 2.45) is 29.6 Å². The van der Waals surface area contributed by atoms with Crippen LogP contribution in [0.25, 0.3) is 0 Å². The zero-order chi connectivity index (χ0) is 17.3. The summed E-state index contributed by atoms with van der Waals surface area (Å²) in [5, 5.41) is 9.49. The lowest BCUT2D eigenvalue weighted by molar-refractivity contribution is -0.299. The average molecular weight is 328 g/mol. The van der Waals surface area contributed by atoms with Crippen LogP contribution in [0.1, 0.15) is 54.9 Å². The van der Waals surface area contributed by atoms with E-state index < -0.39 is 0 Å². The first-order valence-corrected chi connectivity index (χ1v) is 9.38. The molecule has 2 fully saturated rings. The Labute approximate surface area is 141 Å². The second-order valence-electron chi connectivity index (χ2n) is 7.91. The number of hydrogen-bond acceptors (Lipinski definition) is 4. The molecule has 2 heterocycles. The maximum Gasteiger partial charge on any atom is 0.161 e. The Morgan fingerprint density at radius 3 is 1.96 bits per heavy atom. The van der Waals surface area contributed by atoms with Crippen LogP contribution in [0.2, 0.25) is 0 Å². The molecule has 23 heavy (non-hydrogen) atoms. The summed E-state index contributed by atoms with van der Waals surface area (Å²) in [6.07, 6.45) is 1.02. The Bertz CT molecular complexity index is 372. The average Bonchev–Trinajstić information content (AvgIpc) is 2.54. The number of rotatable bonds is 4. The molecule has 4 nitrogen and oxygen atoms in total. The van der Waals surface area contributed by atoms with Gasteiger partial charge in [0.05, 0.1) is 31.0 Å². The summed E-state index contributed by atoms with van der Waals surface area (Å²) in [6.45, 7) is 15.5. The Hall–Kier alpha value is -0.160. The van der Waals surface area contributed by atoms with Crippen LogP contribution >= 0.6 is 0 Å². The monoisotopic (exact) mass is 328 g/mol. The molecule has 10 atom stereocenters. The second kappa shape index (κ2) is 7.81. The zero-order valence-electron chi connectivity index (χ0n) is 15.9. The lowest BCUT2D eigenvalue weighted by Crippen LogP contribution is -2.54. The molecular weight excluding hydrogens is 292 g/mol. The Balaban J connectivity index is 2.08. The topological polar surface area (TPSA) is 47.9 Å². The molecular formula is C19H36O4. The van der Waals surface area contributed by atoms with Crippen LogP contribution in [0, 0.1) is 29.6 Å². The van der Waals surface area contributed by atoms with Crippen LogP contribution < -0.4 is 0 Å². The van der Waals surface area contributed by atoms with Crippen molar-refractivity contribution in [3.05, 3.63) is 0 Å². The number of ether oxygens (including phenoxy) is 3. The molecule has 2 rings (SSSR count). The van der Waals surface area contributed by atoms with Gasteiger partial charge in [0.25, 0.3) is 0 Å². The summed E-state index contributed by atoms with van der Waals surface area (Å²) in [6, 6.07) is 0. The van der Waals surface area contributed by atoms with Crippen molar-refractivity contribution >= 4 is 0 Å². The molecule has 1 N–H and O–H groups in total. The first-order chi connectivity index (χ1) is 10.8. The van der Waals surface area contributed by atoms with E-state index in [1.807, 2.05) is 6.92 Å². The summed E-state index contributed by atoms with van der Waals surface area (Å²) in [5.74, 6) is 2.12. The van der Waals surface area contributed by atoms with Gasteiger partial charge in [-0.15, -0.1) is 0 Å². The number of aliphatic hydroxyl groups is 1. The van der Waals surface area contributed by atoms with Gasteiger partial charge in [0.1, 0.15) is 0 Å². The normalized spacial score (nSPS) is 51.7. The van der Waals surface area contributed by atoms with Gasteiger partial charge in [-0.1, -0.05) is 41.5 Å². The van der Waals surface area contributed by atoms with Crippen LogP contribution in [-0.2, 0) is 14.2 Å². The van der Waals surface area contributed by atoms with E-state index in [4.69, 9.17) is 14.2 Å². The van der Waals surface area contributed by atoms with E-state index in [2.05, 4.69) is 41.5 Å². The molecule has 0 aromatic rings. The highest BCUT2D eigenvalue weighted by molar-refractivity contribution is 4.89. The van der Waals surface area contributed by atoms with Gasteiger partial charge in [0.15, 0.2) is 6.29 Å². The highest BCUT2D eigenvalue weighted by Crippen LogP contribution is 2.40. The van der Waals surface area contributed by atoms with Crippen molar-refractivity contribution in [2.75, 3.05) is 6.61 Å². The maximum atomic E-state index is 9.49. The zero-order valence-corrected chi connectivity index (χ0v) is 15.9. The predicted molar refractivity (Wildman–Crippen MR) is 91.1 cm³/mol. The van der Waals surface area contributed by atoms with E-state index in [9.17, 15) is 5.11 Å². The fraction of sp³-hybridized carbons (Fsp3) is 1.00. The molecule has 2 aliphatic heterocycles. The fourth-order valence-electron chi connectivity index (χ4n) is 4.25. The van der Waals surface area contributed by atoms with Gasteiger partial charge in [-0.3, -0.25) is 0 Å². The van der Waals surface area contributed by atoms with Crippen molar-refractivity contribution in [3.8, 4) is 0 Å². The van der Waals surface area contributed by atoms with E-state index in [0.29, 0.717) is 23.7 Å². The highest BCUT2D eigenvalue weighted by atomic mass is 16.7. The third kappa shape index (κ3) is 3.76. The van der Waals surface area contributed by atoms with Crippen LogP contribution in [0.5, 0.6) is 0 Å². The van der Waals surface area contributed by atoms with E-state index in [-0.39, 0.29) is 43.2 Å². The van der Waals surface area contributed by atoms with Crippen molar-refractivity contribution in [1.82, 2.24) is 0 Å². The van der Waals surface area contributed by atoms with E-state index in [0.717, 1.165) is 6.42 Å². The summed E-state index contributed by atoms with van der Waals surface area (Å²) >= 11 is 0. The van der Waals surface area contributed by atoms with Crippen molar-refractivity contribution in [1.29, 1.82) is 0 Å². The van der Waals surface area contributed by atoms with Gasteiger partial charge in [-0.2, -0.15) is 0 Å². The first-order valence-electron chi connectivity index (χ1n) is 9.38. The second-order valence-corrected chi connectivity index (χ2v) is 7.91. The number of hydrogen-bond donors (Lipinski definition) is 1. The third-order valence-electron chi connectivity index (χ3n) is 6.64. The molecule has 0 bridgehead atoms. The third-order valence-corrected chi connectivity index (χ3v) is 6.64. The summed E-state index contributed by atoms with van der Waals surface area (Å²) in [4.78, 5) is 0. The van der Waals surface area contributed by atoms with Gasteiger partial charge in [-0.25, -0.2) is 0 Å². The van der Waals surface area contributed by atoms with Crippen LogP contribution in [0.15, 0.2) is 0 Å². The number of aliphatic hydroxyl groups excluding tert-OH is 1. The smallest absolute Gasteiger partial charge is 0.161 e. The van der Waals surface area contributed by atoms with Crippen LogP contribution in [-0.4, -0.2) is 42.4 Å². The van der Waals surface area contributed by atoms with Crippen molar-refractivity contribution < 1.29 is 19.3 Å². The molecule has 0 aliphatic carbocycles. The van der Waals surface area contributed by atoms with Crippen molar-refractivity contribution in [3.63, 3.8) is 0 Å². The Kier molecular flexibility index (Phi) is 6.51. The summed E-state index contributed by atoms with van der Waals surface area (Å²) in [5.41, 5.74) is 0. The van der Waals surface area contributed by atoms with Crippen LogP contribution in [0.4, 0.5) is 0 Å². The Morgan fingerprint density at radius 1 is 0.783 bits per heavy atom. The molecule has 0 saturated carbocycles. The SMILES string of the molecule is CCC1O[C@H](OC2C(C)O[C@@H](CO)C(C)[C@@H]2C)C(C)[C@@H](C)[C@@H]1C. The van der Waals surface area contributed by atoms with Crippen molar-refractivity contribution in [2.45, 2.75) is 85.6 Å². The van der Waals surface area contributed by atoms with Crippen LogP contribution in [0.3, 0.4) is 0 Å². The standard InChI is InChI=1S/C19H36O4/c1-8-16-11(3)10(2)14(6)19(22-16)23-18-13(5)12(4)17(9-20)21-15(18)7/h10-20H,8-9H2,1-7H3/t10-,11-,12?,13-,14?,15?,16?,17-,18?,19+/m0/s1. The largest absolute Gasteiger partial charge is 0.394 e. The predicted octanol–water partition coefficient (Wildman–Crippen LogP) is 3.47. The molecule has 0 spiro atoms. The first kappa shape index (κ1) is 19.2. The quantitative estimate of drug-likeness (QED) is 0.858. The van der Waals surface area contributed by atoms with Gasteiger partial charge in [0.2, 0.25) is 0 Å². The van der Waals surface area contributed by atoms with E-state index in [1.54, 1.807) is 0 Å². The molecule has 5 unspecified atom stereocenters. The molecule has 2 aliphatic rings. The van der Waals surface area contributed by atoms with E-state index >= 15 is 0 Å². The van der Waals surface area contributed by atoms with Gasteiger partial charge < -0.3 is 19.3 Å². The molecule has 0 aromatic carbocycles. The highest BCUT2D eigenvalue weighted by Gasteiger charge is 2.45. The summed E-state index contributed by atoms with van der Waals surface area (Å²) in [7, 11) is 0. The molecule has 0 amide bonds. The Morgan fingerprint density at radius 2 is 1.39 bits per heavy atom. The van der Waals surface area contributed by atoms with Gasteiger partial charge in [0, 0.05) is 5.92 Å². The molecule has 0 aromatic heterocycles. The van der Waals surface area contributed by atoms with Gasteiger partial charge in [-0.05, 0) is 37.0 Å². The maximum absolute atomic E-state index is 9.49. The minimum atomic E-state index is -0.164. The lowest BCUT2D eigenvalue weighted by Gasteiger charge is -2.48. The lowest BCUT2D eigenvalue weighted by atomic mass is 9.78.